The van der Waals surface area contributed by atoms with Gasteiger partial charge in [-0.05, 0) is 18.1 Å². The van der Waals surface area contributed by atoms with E-state index in [1.54, 1.807) is 0 Å². The summed E-state index contributed by atoms with van der Waals surface area (Å²) in [5.41, 5.74) is 1.06. The molecule has 0 aliphatic rings. The Morgan fingerprint density at radius 3 is 2.89 bits per heavy atom. The van der Waals surface area contributed by atoms with Crippen LogP contribution in [-0.2, 0) is 6.42 Å². The molecule has 0 unspecified atom stereocenters. The molecule has 1 rings (SSSR count). The van der Waals surface area contributed by atoms with Gasteiger partial charge in [0.2, 0.25) is 0 Å². The second-order valence-electron chi connectivity index (χ2n) is 3.99. The van der Waals surface area contributed by atoms with Crippen LogP contribution < -0.4 is 10.1 Å². The van der Waals surface area contributed by atoms with Gasteiger partial charge in [0.1, 0.15) is 18.5 Å². The van der Waals surface area contributed by atoms with Gasteiger partial charge in [0.05, 0.1) is 6.61 Å². The highest BCUT2D eigenvalue weighted by Crippen LogP contribution is 2.18. The molecule has 3 N–H and O–H groups in total. The predicted molar refractivity (Wildman–Crippen MR) is 71.8 cm³/mol. The van der Waals surface area contributed by atoms with Gasteiger partial charge < -0.3 is 20.3 Å². The normalized spacial score (nSPS) is 12.1. The number of hydrogen-bond acceptors (Lipinski definition) is 4. The first-order chi connectivity index (χ1) is 8.77. The van der Waals surface area contributed by atoms with Crippen LogP contribution in [0.15, 0.2) is 36.9 Å². The van der Waals surface area contributed by atoms with Gasteiger partial charge >= 0.3 is 0 Å². The van der Waals surface area contributed by atoms with E-state index in [2.05, 4.69) is 11.9 Å². The summed E-state index contributed by atoms with van der Waals surface area (Å²) in [4.78, 5) is 0. The maximum absolute atomic E-state index is 9.67. The zero-order valence-electron chi connectivity index (χ0n) is 10.5. The number of hydrogen-bond donors (Lipinski definition) is 3. The monoisotopic (exact) mass is 251 g/mol. The second-order valence-corrected chi connectivity index (χ2v) is 3.99. The summed E-state index contributed by atoms with van der Waals surface area (Å²) >= 11 is 0. The van der Waals surface area contributed by atoms with Crippen molar-refractivity contribution in [2.24, 2.45) is 0 Å². The minimum atomic E-state index is -0.590. The van der Waals surface area contributed by atoms with Crippen molar-refractivity contribution in [3.63, 3.8) is 0 Å². The smallest absolute Gasteiger partial charge is 0.122 e. The van der Waals surface area contributed by atoms with Crippen LogP contribution in [0.1, 0.15) is 5.56 Å². The fourth-order valence-electron chi connectivity index (χ4n) is 1.56. The number of benzene rings is 1. The molecule has 4 heteroatoms. The molecular formula is C14H21NO3. The molecule has 0 saturated heterocycles. The Morgan fingerprint density at radius 2 is 2.17 bits per heavy atom. The summed E-state index contributed by atoms with van der Waals surface area (Å²) < 4.78 is 5.58. The molecule has 100 valence electrons. The molecule has 1 atom stereocenters. The number of nitrogens with one attached hydrogen (secondary N) is 1. The standard InChI is InChI=1S/C14H21NO3/c1-2-5-12-6-3-4-7-14(12)18-11-13(17)10-15-8-9-16/h2-4,6-7,13,15-17H,1,5,8-11H2/t13-/m1/s1. The SMILES string of the molecule is C=CCc1ccccc1OC[C@H](O)CNCCO. The van der Waals surface area contributed by atoms with E-state index in [-0.39, 0.29) is 13.2 Å². The molecule has 0 amide bonds. The Bertz CT molecular complexity index is 355. The molecule has 1 aromatic carbocycles. The van der Waals surface area contributed by atoms with Crippen LogP contribution in [0.5, 0.6) is 5.75 Å². The average molecular weight is 251 g/mol. The number of allylic oxidation sites excluding steroid dienone is 1. The van der Waals surface area contributed by atoms with Crippen LogP contribution in [0.4, 0.5) is 0 Å². The van der Waals surface area contributed by atoms with Crippen molar-refractivity contribution >= 4 is 0 Å². The molecule has 0 aliphatic carbocycles. The van der Waals surface area contributed by atoms with Crippen molar-refractivity contribution in [1.29, 1.82) is 0 Å². The lowest BCUT2D eigenvalue weighted by atomic mass is 10.1. The molecule has 18 heavy (non-hydrogen) atoms. The Hall–Kier alpha value is -1.36. The molecule has 0 aliphatic heterocycles. The number of aliphatic hydroxyl groups excluding tert-OH is 2. The van der Waals surface area contributed by atoms with Crippen molar-refractivity contribution in [2.75, 3.05) is 26.3 Å². The van der Waals surface area contributed by atoms with Crippen LogP contribution in [-0.4, -0.2) is 42.6 Å². The third-order valence-electron chi connectivity index (χ3n) is 2.44. The molecule has 0 bridgehead atoms. The number of aliphatic hydroxyl groups is 2. The van der Waals surface area contributed by atoms with Gasteiger partial charge in [-0.3, -0.25) is 0 Å². The minimum absolute atomic E-state index is 0.0652. The second kappa shape index (κ2) is 8.69. The van der Waals surface area contributed by atoms with Gasteiger partial charge in [-0.15, -0.1) is 6.58 Å². The fraction of sp³-hybridized carbons (Fsp3) is 0.429. The Balaban J connectivity index is 2.40. The van der Waals surface area contributed by atoms with Crippen LogP contribution >= 0.6 is 0 Å². The van der Waals surface area contributed by atoms with Crippen molar-refractivity contribution in [1.82, 2.24) is 5.32 Å². The Morgan fingerprint density at radius 1 is 1.39 bits per heavy atom. The van der Waals surface area contributed by atoms with E-state index in [0.29, 0.717) is 13.1 Å². The van der Waals surface area contributed by atoms with Gasteiger partial charge in [0.15, 0.2) is 0 Å². The number of para-hydroxylation sites is 1. The summed E-state index contributed by atoms with van der Waals surface area (Å²) in [5, 5.41) is 21.2. The van der Waals surface area contributed by atoms with Crippen molar-refractivity contribution < 1.29 is 14.9 Å². The summed E-state index contributed by atoms with van der Waals surface area (Å²) in [6, 6.07) is 7.71. The van der Waals surface area contributed by atoms with Crippen molar-refractivity contribution in [3.8, 4) is 5.75 Å². The third-order valence-corrected chi connectivity index (χ3v) is 2.44. The maximum Gasteiger partial charge on any atom is 0.122 e. The molecular weight excluding hydrogens is 230 g/mol. The van der Waals surface area contributed by atoms with Gasteiger partial charge in [0.25, 0.3) is 0 Å². The summed E-state index contributed by atoms with van der Waals surface area (Å²) in [5.74, 6) is 0.776. The zero-order valence-corrected chi connectivity index (χ0v) is 10.5. The first-order valence-electron chi connectivity index (χ1n) is 6.09. The van der Waals surface area contributed by atoms with Crippen LogP contribution in [0.2, 0.25) is 0 Å². The minimum Gasteiger partial charge on any atom is -0.491 e. The van der Waals surface area contributed by atoms with E-state index in [4.69, 9.17) is 9.84 Å². The Labute approximate surface area is 108 Å². The quantitative estimate of drug-likeness (QED) is 0.447. The first kappa shape index (κ1) is 14.7. The lowest BCUT2D eigenvalue weighted by molar-refractivity contribution is 0.104. The molecule has 0 spiro atoms. The summed E-state index contributed by atoms with van der Waals surface area (Å²) in [6.45, 7) is 4.88. The topological polar surface area (TPSA) is 61.7 Å². The highest BCUT2D eigenvalue weighted by Gasteiger charge is 2.06. The Kier molecular flexibility index (Phi) is 7.10. The molecule has 0 heterocycles. The lowest BCUT2D eigenvalue weighted by Crippen LogP contribution is -2.33. The fourth-order valence-corrected chi connectivity index (χ4v) is 1.56. The molecule has 0 saturated carbocycles. The lowest BCUT2D eigenvalue weighted by Gasteiger charge is -2.14. The largest absolute Gasteiger partial charge is 0.491 e. The van der Waals surface area contributed by atoms with Gasteiger partial charge in [-0.25, -0.2) is 0 Å². The average Bonchev–Trinajstić information content (AvgIpc) is 2.38. The molecule has 0 fully saturated rings. The van der Waals surface area contributed by atoms with Crippen LogP contribution in [0, 0.1) is 0 Å². The van der Waals surface area contributed by atoms with Crippen LogP contribution in [0.25, 0.3) is 0 Å². The molecule has 1 aromatic rings. The molecule has 0 radical (unpaired) electrons. The highest BCUT2D eigenvalue weighted by atomic mass is 16.5. The summed E-state index contributed by atoms with van der Waals surface area (Å²) in [6.07, 6.45) is 1.98. The van der Waals surface area contributed by atoms with Gasteiger partial charge in [-0.1, -0.05) is 24.3 Å². The molecule has 4 nitrogen and oxygen atoms in total. The van der Waals surface area contributed by atoms with Gasteiger partial charge in [-0.2, -0.15) is 0 Å². The van der Waals surface area contributed by atoms with E-state index >= 15 is 0 Å². The zero-order chi connectivity index (χ0) is 13.2. The number of ether oxygens (including phenoxy) is 1. The number of rotatable bonds is 9. The van der Waals surface area contributed by atoms with Gasteiger partial charge in [0, 0.05) is 13.1 Å². The highest BCUT2D eigenvalue weighted by molar-refractivity contribution is 5.34. The van der Waals surface area contributed by atoms with Crippen molar-refractivity contribution in [3.05, 3.63) is 42.5 Å². The molecule has 0 aromatic heterocycles. The third kappa shape index (κ3) is 5.31. The van der Waals surface area contributed by atoms with E-state index in [0.717, 1.165) is 17.7 Å². The summed E-state index contributed by atoms with van der Waals surface area (Å²) in [7, 11) is 0. The first-order valence-corrected chi connectivity index (χ1v) is 6.09. The predicted octanol–water partition coefficient (Wildman–Crippen LogP) is 0.737. The van der Waals surface area contributed by atoms with E-state index < -0.39 is 6.10 Å². The van der Waals surface area contributed by atoms with Crippen molar-refractivity contribution in [2.45, 2.75) is 12.5 Å². The van der Waals surface area contributed by atoms with Crippen LogP contribution in [0.3, 0.4) is 0 Å². The van der Waals surface area contributed by atoms with E-state index in [1.807, 2.05) is 30.3 Å². The maximum atomic E-state index is 9.67. The van der Waals surface area contributed by atoms with E-state index in [9.17, 15) is 5.11 Å². The van der Waals surface area contributed by atoms with E-state index in [1.165, 1.54) is 0 Å².